The lowest BCUT2D eigenvalue weighted by Gasteiger charge is -2.26. The van der Waals surface area contributed by atoms with E-state index in [-0.39, 0.29) is 6.03 Å². The van der Waals surface area contributed by atoms with E-state index in [0.717, 1.165) is 12.8 Å². The average molecular weight is 433 g/mol. The molecule has 24 heavy (non-hydrogen) atoms. The van der Waals surface area contributed by atoms with Crippen molar-refractivity contribution in [1.29, 1.82) is 0 Å². The van der Waals surface area contributed by atoms with Gasteiger partial charge in [-0.1, -0.05) is 35.8 Å². The van der Waals surface area contributed by atoms with Crippen LogP contribution in [0.5, 0.6) is 0 Å². The summed E-state index contributed by atoms with van der Waals surface area (Å²) in [5, 5.41) is 3.17. The quantitative estimate of drug-likeness (QED) is 0.651. The van der Waals surface area contributed by atoms with Crippen molar-refractivity contribution in [1.82, 2.24) is 4.98 Å². The first kappa shape index (κ1) is 17.6. The van der Waals surface area contributed by atoms with Crippen molar-refractivity contribution in [2.75, 3.05) is 16.8 Å². The summed E-state index contributed by atoms with van der Waals surface area (Å²) in [6, 6.07) is 4.39. The molecule has 0 saturated heterocycles. The van der Waals surface area contributed by atoms with E-state index in [1.54, 1.807) is 17.0 Å². The highest BCUT2D eigenvalue weighted by Crippen LogP contribution is 2.30. The van der Waals surface area contributed by atoms with Gasteiger partial charge in [-0.25, -0.2) is 14.2 Å². The van der Waals surface area contributed by atoms with Crippen LogP contribution in [0.25, 0.3) is 0 Å². The van der Waals surface area contributed by atoms with Gasteiger partial charge in [-0.2, -0.15) is 0 Å². The van der Waals surface area contributed by atoms with Crippen molar-refractivity contribution in [2.45, 2.75) is 25.7 Å². The van der Waals surface area contributed by atoms with Gasteiger partial charge in [-0.05, 0) is 52.9 Å². The number of rotatable bonds is 4. The third kappa shape index (κ3) is 4.26. The Morgan fingerprint density at radius 3 is 2.83 bits per heavy atom. The third-order valence-corrected chi connectivity index (χ3v) is 5.74. The minimum atomic E-state index is -0.394. The lowest BCUT2D eigenvalue weighted by atomic mass is 10.1. The lowest BCUT2D eigenvalue weighted by Crippen LogP contribution is -2.38. The Balaban J connectivity index is 1.82. The first-order chi connectivity index (χ1) is 11.5. The molecular formula is C16H16BrClFN3OS. The first-order valence-electron chi connectivity index (χ1n) is 7.68. The molecule has 1 aromatic carbocycles. The molecule has 0 aliphatic heterocycles. The van der Waals surface area contributed by atoms with Crippen molar-refractivity contribution < 1.29 is 9.18 Å². The fourth-order valence-corrected chi connectivity index (χ4v) is 3.93. The minimum Gasteiger partial charge on any atom is -0.294 e. The van der Waals surface area contributed by atoms with Crippen molar-refractivity contribution >= 4 is 55.7 Å². The highest BCUT2D eigenvalue weighted by Gasteiger charge is 2.24. The zero-order chi connectivity index (χ0) is 17.1. The number of hydrogen-bond donors (Lipinski definition) is 1. The Morgan fingerprint density at radius 1 is 1.46 bits per heavy atom. The number of halogens is 3. The number of urea groups is 1. The van der Waals surface area contributed by atoms with Crippen molar-refractivity contribution in [2.24, 2.45) is 5.92 Å². The molecule has 2 aromatic rings. The number of carbonyl (C=O) groups is 1. The Kier molecular flexibility index (Phi) is 5.73. The molecule has 1 N–H and O–H groups in total. The molecule has 0 unspecified atom stereocenters. The number of nitrogens with zero attached hydrogens (tertiary/aromatic N) is 2. The van der Waals surface area contributed by atoms with Gasteiger partial charge in [0.2, 0.25) is 0 Å². The maximum absolute atomic E-state index is 13.9. The van der Waals surface area contributed by atoms with Crippen LogP contribution in [0, 0.1) is 11.7 Å². The number of anilines is 2. The van der Waals surface area contributed by atoms with E-state index in [2.05, 4.69) is 26.2 Å². The van der Waals surface area contributed by atoms with E-state index >= 15 is 0 Å². The standard InChI is InChI=1S/C16H16BrClFN3OS/c17-12-6-5-11(7-13(12)19)22(9-10-3-1-2-4-10)16(23)21-15-20-8-14(18)24-15/h5-8,10H,1-4,9H2,(H,20,21,23). The van der Waals surface area contributed by atoms with Gasteiger partial charge in [-0.3, -0.25) is 10.2 Å². The predicted molar refractivity (Wildman–Crippen MR) is 99.5 cm³/mol. The molecule has 1 aliphatic carbocycles. The van der Waals surface area contributed by atoms with Crippen LogP contribution in [0.4, 0.5) is 20.0 Å². The van der Waals surface area contributed by atoms with Crippen LogP contribution in [-0.4, -0.2) is 17.6 Å². The molecule has 0 bridgehead atoms. The van der Waals surface area contributed by atoms with Crippen molar-refractivity contribution in [3.8, 4) is 0 Å². The predicted octanol–water partition coefficient (Wildman–Crippen LogP) is 5.93. The summed E-state index contributed by atoms with van der Waals surface area (Å²) < 4.78 is 14.8. The van der Waals surface area contributed by atoms with E-state index in [4.69, 9.17) is 11.6 Å². The summed E-state index contributed by atoms with van der Waals surface area (Å²) in [6.45, 7) is 0.562. The van der Waals surface area contributed by atoms with Crippen LogP contribution < -0.4 is 10.2 Å². The molecular weight excluding hydrogens is 417 g/mol. The minimum absolute atomic E-state index is 0.324. The number of thiazole rings is 1. The summed E-state index contributed by atoms with van der Waals surface area (Å²) in [7, 11) is 0. The molecule has 0 atom stereocenters. The first-order valence-corrected chi connectivity index (χ1v) is 9.66. The number of nitrogens with one attached hydrogen (secondary N) is 1. The molecule has 0 radical (unpaired) electrons. The largest absolute Gasteiger partial charge is 0.328 e. The summed E-state index contributed by atoms with van der Waals surface area (Å²) >= 11 is 10.2. The topological polar surface area (TPSA) is 45.2 Å². The van der Waals surface area contributed by atoms with Gasteiger partial charge in [0.25, 0.3) is 0 Å². The van der Waals surface area contributed by atoms with Gasteiger partial charge in [0, 0.05) is 12.2 Å². The average Bonchev–Trinajstić information content (AvgIpc) is 3.19. The molecule has 1 heterocycles. The van der Waals surface area contributed by atoms with Crippen LogP contribution in [0.3, 0.4) is 0 Å². The monoisotopic (exact) mass is 431 g/mol. The number of amides is 2. The third-order valence-electron chi connectivity index (χ3n) is 4.07. The lowest BCUT2D eigenvalue weighted by molar-refractivity contribution is 0.255. The summed E-state index contributed by atoms with van der Waals surface area (Å²) in [5.41, 5.74) is 0.530. The zero-order valence-electron chi connectivity index (χ0n) is 12.8. The second-order valence-corrected chi connectivity index (χ2v) is 8.28. The Hall–Kier alpha value is -1.18. The highest BCUT2D eigenvalue weighted by atomic mass is 79.9. The van der Waals surface area contributed by atoms with Gasteiger partial charge in [0.15, 0.2) is 5.13 Å². The second kappa shape index (κ2) is 7.80. The van der Waals surface area contributed by atoms with Gasteiger partial charge in [-0.15, -0.1) is 0 Å². The van der Waals surface area contributed by atoms with E-state index in [1.165, 1.54) is 36.4 Å². The summed E-state index contributed by atoms with van der Waals surface area (Å²) in [4.78, 5) is 18.3. The van der Waals surface area contributed by atoms with Crippen molar-refractivity contribution in [3.05, 3.63) is 39.0 Å². The van der Waals surface area contributed by atoms with E-state index in [9.17, 15) is 9.18 Å². The van der Waals surface area contributed by atoms with E-state index in [0.29, 0.717) is 32.1 Å². The fraction of sp³-hybridized carbons (Fsp3) is 0.375. The van der Waals surface area contributed by atoms with E-state index < -0.39 is 5.82 Å². The maximum atomic E-state index is 13.9. The normalized spacial score (nSPS) is 14.8. The van der Waals surface area contributed by atoms with Crippen LogP contribution in [0.15, 0.2) is 28.9 Å². The molecule has 8 heteroatoms. The Bertz CT molecular complexity index is 736. The van der Waals surface area contributed by atoms with Gasteiger partial charge < -0.3 is 0 Å². The highest BCUT2D eigenvalue weighted by molar-refractivity contribution is 9.10. The van der Waals surface area contributed by atoms with Crippen LogP contribution in [0.2, 0.25) is 4.34 Å². The van der Waals surface area contributed by atoms with Gasteiger partial charge in [0.1, 0.15) is 10.2 Å². The van der Waals surface area contributed by atoms with E-state index in [1.807, 2.05) is 0 Å². The SMILES string of the molecule is O=C(Nc1ncc(Cl)s1)N(CC1CCCC1)c1ccc(Br)c(F)c1. The van der Waals surface area contributed by atoms with Crippen LogP contribution in [-0.2, 0) is 0 Å². The second-order valence-electron chi connectivity index (χ2n) is 5.76. The van der Waals surface area contributed by atoms with Crippen molar-refractivity contribution in [3.63, 3.8) is 0 Å². The molecule has 1 fully saturated rings. The van der Waals surface area contributed by atoms with Gasteiger partial charge >= 0.3 is 6.03 Å². The fourth-order valence-electron chi connectivity index (χ4n) is 2.88. The number of hydrogen-bond acceptors (Lipinski definition) is 3. The Labute approximate surface area is 157 Å². The van der Waals surface area contributed by atoms with Crippen LogP contribution in [0.1, 0.15) is 25.7 Å². The molecule has 2 amide bonds. The van der Waals surface area contributed by atoms with Gasteiger partial charge in [0.05, 0.1) is 10.7 Å². The number of carbonyl (C=O) groups excluding carboxylic acids is 1. The molecule has 3 rings (SSSR count). The molecule has 1 saturated carbocycles. The molecule has 1 aromatic heterocycles. The number of benzene rings is 1. The van der Waals surface area contributed by atoms with Crippen LogP contribution >= 0.6 is 38.9 Å². The summed E-state index contributed by atoms with van der Waals surface area (Å²) in [6.07, 6.45) is 6.02. The molecule has 0 spiro atoms. The maximum Gasteiger partial charge on any atom is 0.328 e. The smallest absolute Gasteiger partial charge is 0.294 e. The molecule has 4 nitrogen and oxygen atoms in total. The Morgan fingerprint density at radius 2 is 2.21 bits per heavy atom. The number of aromatic nitrogens is 1. The molecule has 1 aliphatic rings. The summed E-state index contributed by atoms with van der Waals surface area (Å²) in [5.74, 6) is 0.0383. The molecule has 128 valence electrons. The zero-order valence-corrected chi connectivity index (χ0v) is 15.9.